The predicted molar refractivity (Wildman–Crippen MR) is 215 cm³/mol. The Morgan fingerprint density at radius 3 is 2.35 bits per heavy atom. The lowest BCUT2D eigenvalue weighted by atomic mass is 9.67. The van der Waals surface area contributed by atoms with Crippen LogP contribution < -0.4 is 5.22 Å². The number of esters is 1. The number of hydrogen-bond acceptors (Lipinski definition) is 2. The maximum Gasteiger partial charge on any atom is 0.305 e. The molecule has 7 unspecified atom stereocenters. The van der Waals surface area contributed by atoms with E-state index in [9.17, 15) is 4.79 Å². The molecule has 0 saturated heterocycles. The first-order chi connectivity index (χ1) is 26.7. The van der Waals surface area contributed by atoms with Crippen LogP contribution in [0.25, 0.3) is 81.9 Å². The van der Waals surface area contributed by atoms with E-state index in [0.717, 1.165) is 25.7 Å². The van der Waals surface area contributed by atoms with Gasteiger partial charge < -0.3 is 4.74 Å². The number of rotatable bonds is 6. The maximum absolute atomic E-state index is 12.9. The van der Waals surface area contributed by atoms with Gasteiger partial charge in [0.15, 0.2) is 0 Å². The molecule has 1 fully saturated rings. The molecule has 2 nitrogen and oxygen atoms in total. The summed E-state index contributed by atoms with van der Waals surface area (Å²) in [5, 5.41) is 21.5. The van der Waals surface area contributed by atoms with Crippen molar-refractivity contribution >= 4 is 87.8 Å². The summed E-state index contributed by atoms with van der Waals surface area (Å²) in [5.74, 6) is 2.33. The average molecular weight is 689 g/mol. The highest BCUT2D eigenvalue weighted by molar-refractivity contribution is 6.52. The van der Waals surface area contributed by atoms with Crippen molar-refractivity contribution in [1.82, 2.24) is 0 Å². The molecule has 252 valence electrons. The first-order valence-corrected chi connectivity index (χ1v) is 20.9. The molecule has 54 heavy (non-hydrogen) atoms. The summed E-state index contributed by atoms with van der Waals surface area (Å²) in [5.41, 5.74) is 21.3. The Kier molecular flexibility index (Phi) is 3.42. The molecule has 8 aromatic rings. The highest BCUT2D eigenvalue weighted by Crippen LogP contribution is 2.86. The van der Waals surface area contributed by atoms with Gasteiger partial charge in [0.25, 0.3) is 0 Å². The fraction of sp³-hybridized carbons (Fsp3) is 0.288. The number of ether oxygens (including phenoxy) is 1. The first-order valence-electron chi connectivity index (χ1n) is 20.9. The van der Waals surface area contributed by atoms with Crippen molar-refractivity contribution in [3.8, 4) is 0 Å². The van der Waals surface area contributed by atoms with Crippen molar-refractivity contribution in [1.29, 1.82) is 0 Å². The van der Waals surface area contributed by atoms with Crippen molar-refractivity contribution in [2.24, 2.45) is 11.8 Å². The average Bonchev–Trinajstić information content (AvgIpc) is 3.86. The zero-order valence-electron chi connectivity index (χ0n) is 29.9. The van der Waals surface area contributed by atoms with Gasteiger partial charge in [-0.2, -0.15) is 0 Å². The summed E-state index contributed by atoms with van der Waals surface area (Å²) in [6, 6.07) is 17.0. The third kappa shape index (κ3) is 2.01. The SMILES string of the molecule is CCOC(=O)CCCC1(c2ccccc2)C2c3cc4c5c6c3c3c7c8c9c%10c%11c%12c%13c%14c(cc%15c%16c(c(c%11c%14%16)c6c3%10)C5C(C=4)C%15)CC%13=CC(CC8=CC721)C%129. The van der Waals surface area contributed by atoms with Crippen LogP contribution in [0.1, 0.15) is 112 Å². The van der Waals surface area contributed by atoms with Crippen LogP contribution in [-0.2, 0) is 33.2 Å². The Hall–Kier alpha value is -5.21. The molecule has 0 N–H and O–H groups in total. The minimum Gasteiger partial charge on any atom is -0.466 e. The molecule has 0 heterocycles. The van der Waals surface area contributed by atoms with Crippen molar-refractivity contribution in [3.63, 3.8) is 0 Å². The minimum atomic E-state index is -0.100. The third-order valence-electron chi connectivity index (χ3n) is 17.9. The number of carbonyl (C=O) groups excluding carboxylic acids is 1. The summed E-state index contributed by atoms with van der Waals surface area (Å²) in [6.07, 6.45) is 14.2. The summed E-state index contributed by atoms with van der Waals surface area (Å²) in [6.45, 7) is 2.38. The van der Waals surface area contributed by atoms with E-state index in [-0.39, 0.29) is 16.8 Å². The minimum absolute atomic E-state index is 0.0508. The highest BCUT2D eigenvalue weighted by atomic mass is 16.5. The summed E-state index contributed by atoms with van der Waals surface area (Å²) < 4.78 is 5.53. The molecular formula is C52H32O2. The Bertz CT molecular complexity index is 3560. The van der Waals surface area contributed by atoms with Crippen LogP contribution in [0.3, 0.4) is 0 Å². The summed E-state index contributed by atoms with van der Waals surface area (Å²) in [4.78, 5) is 12.9. The van der Waals surface area contributed by atoms with E-state index in [1.165, 1.54) is 12.0 Å². The van der Waals surface area contributed by atoms with Crippen LogP contribution >= 0.6 is 0 Å². The fourth-order valence-electron chi connectivity index (χ4n) is 17.1. The van der Waals surface area contributed by atoms with Gasteiger partial charge in [-0.3, -0.25) is 4.79 Å². The quantitative estimate of drug-likeness (QED) is 0.128. The Morgan fingerprint density at radius 1 is 0.722 bits per heavy atom. The van der Waals surface area contributed by atoms with Crippen molar-refractivity contribution in [2.45, 2.75) is 74.0 Å². The zero-order valence-corrected chi connectivity index (χ0v) is 29.9. The van der Waals surface area contributed by atoms with E-state index >= 15 is 0 Å². The lowest BCUT2D eigenvalue weighted by Crippen LogP contribution is -2.23. The molecule has 0 amide bonds. The molecule has 0 aromatic heterocycles. The van der Waals surface area contributed by atoms with Crippen LogP contribution in [-0.4, -0.2) is 12.6 Å². The van der Waals surface area contributed by atoms with Gasteiger partial charge in [0, 0.05) is 35.0 Å². The second-order valence-corrected chi connectivity index (χ2v) is 19.2. The van der Waals surface area contributed by atoms with Gasteiger partial charge in [0.1, 0.15) is 0 Å². The molecule has 7 atom stereocenters. The number of fused-ring (bicyclic) bond motifs is 1. The van der Waals surface area contributed by atoms with E-state index in [4.69, 9.17) is 4.74 Å². The van der Waals surface area contributed by atoms with E-state index in [2.05, 4.69) is 60.7 Å². The lowest BCUT2D eigenvalue weighted by molar-refractivity contribution is -0.143. The van der Waals surface area contributed by atoms with E-state index in [1.807, 2.05) is 6.92 Å². The molecule has 2 heteroatoms. The Morgan fingerprint density at radius 2 is 1.48 bits per heavy atom. The standard InChI is InChI=1S/C52H32O2/c1-2-54-28(53)9-6-10-51(26-7-4-3-5-8-26)50-27-17-24-15-21-13-22-12-19-11-20-14-23-16-25-18-52(50,51)49-35(25)40-34(23)39-30(20)29(19)37-33(22)38-31(21)32(24)41-36(27)48(49)47-45(40)43(39)42(37)44(38)46(41)47/h3-5,7-8,12,14-15,17-18,21,23,31,34,50H,2,6,9-11,13,16H2,1H3. The van der Waals surface area contributed by atoms with Gasteiger partial charge >= 0.3 is 5.97 Å². The summed E-state index contributed by atoms with van der Waals surface area (Å²) in [7, 11) is 0. The number of benzene rings is 6. The van der Waals surface area contributed by atoms with Crippen LogP contribution in [0, 0.1) is 11.8 Å². The molecule has 10 aliphatic rings. The monoisotopic (exact) mass is 688 g/mol. The Balaban J connectivity index is 1.10. The molecule has 8 aromatic carbocycles. The molecule has 0 bridgehead atoms. The van der Waals surface area contributed by atoms with Crippen LogP contribution in [0.2, 0.25) is 0 Å². The van der Waals surface area contributed by atoms with Crippen LogP contribution in [0.5, 0.6) is 0 Å². The maximum atomic E-state index is 12.9. The second-order valence-electron chi connectivity index (χ2n) is 19.2. The van der Waals surface area contributed by atoms with Crippen LogP contribution in [0.4, 0.5) is 0 Å². The van der Waals surface area contributed by atoms with Crippen molar-refractivity contribution in [3.05, 3.63) is 121 Å². The highest BCUT2D eigenvalue weighted by Gasteiger charge is 2.80. The molecule has 0 radical (unpaired) electrons. The molecule has 1 spiro atoms. The van der Waals surface area contributed by atoms with E-state index < -0.39 is 0 Å². The van der Waals surface area contributed by atoms with E-state index in [1.54, 1.807) is 137 Å². The third-order valence-corrected chi connectivity index (χ3v) is 17.9. The van der Waals surface area contributed by atoms with Gasteiger partial charge in [0.2, 0.25) is 0 Å². The zero-order chi connectivity index (χ0) is 34.2. The first kappa shape index (κ1) is 25.7. The van der Waals surface area contributed by atoms with Gasteiger partial charge in [-0.25, -0.2) is 0 Å². The molecule has 18 rings (SSSR count). The number of carbonyl (C=O) groups is 1. The normalized spacial score (nSPS) is 31.2. The second kappa shape index (κ2) is 7.17. The number of allylic oxidation sites excluding steroid dienone is 4. The molecule has 10 aliphatic carbocycles. The largest absolute Gasteiger partial charge is 0.466 e. The molecular weight excluding hydrogens is 657 g/mol. The Labute approximate surface area is 309 Å². The topological polar surface area (TPSA) is 26.3 Å². The smallest absolute Gasteiger partial charge is 0.305 e. The van der Waals surface area contributed by atoms with E-state index in [0.29, 0.717) is 42.6 Å². The van der Waals surface area contributed by atoms with Crippen molar-refractivity contribution in [2.75, 3.05) is 6.61 Å². The van der Waals surface area contributed by atoms with Crippen molar-refractivity contribution < 1.29 is 9.53 Å². The fourth-order valence-corrected chi connectivity index (χ4v) is 17.1. The lowest BCUT2D eigenvalue weighted by Gasteiger charge is -2.36. The molecule has 0 aliphatic heterocycles. The predicted octanol–water partition coefficient (Wildman–Crippen LogP) is 10.4. The van der Waals surface area contributed by atoms with Gasteiger partial charge in [-0.15, -0.1) is 0 Å². The number of hydrogen-bond donors (Lipinski definition) is 0. The molecule has 1 saturated carbocycles. The van der Waals surface area contributed by atoms with Gasteiger partial charge in [-0.05, 0) is 193 Å². The summed E-state index contributed by atoms with van der Waals surface area (Å²) >= 11 is 0. The van der Waals surface area contributed by atoms with Gasteiger partial charge in [0.05, 0.1) is 6.61 Å². The van der Waals surface area contributed by atoms with Crippen LogP contribution in [0.15, 0.2) is 54.6 Å². The van der Waals surface area contributed by atoms with Gasteiger partial charge in [-0.1, -0.05) is 60.7 Å².